The summed E-state index contributed by atoms with van der Waals surface area (Å²) in [5.74, 6) is 0.694. The van der Waals surface area contributed by atoms with Crippen LogP contribution in [0.5, 0.6) is 11.5 Å². The summed E-state index contributed by atoms with van der Waals surface area (Å²) in [5.41, 5.74) is 1.52. The van der Waals surface area contributed by atoms with Crippen molar-refractivity contribution in [1.29, 1.82) is 0 Å². The number of rotatable bonds is 5. The third-order valence-electron chi connectivity index (χ3n) is 3.10. The molecule has 2 rings (SSSR count). The first-order valence-corrected chi connectivity index (χ1v) is 7.69. The summed E-state index contributed by atoms with van der Waals surface area (Å²) in [4.78, 5) is 16.1. The normalized spacial score (nSPS) is 10.9. The number of hydrogen-bond donors (Lipinski definition) is 2. The molecule has 2 aromatic rings. The van der Waals surface area contributed by atoms with Gasteiger partial charge < -0.3 is 20.1 Å². The summed E-state index contributed by atoms with van der Waals surface area (Å²) < 4.78 is 11.1. The summed E-state index contributed by atoms with van der Waals surface area (Å²) in [5, 5.41) is 6.19. The first-order valence-electron chi connectivity index (χ1n) is 7.69. The first-order chi connectivity index (χ1) is 11.3. The molecule has 0 saturated heterocycles. The Balaban J connectivity index is 2.19. The molecule has 1 aromatic heterocycles. The lowest BCUT2D eigenvalue weighted by atomic mass is 10.2. The van der Waals surface area contributed by atoms with Crippen LogP contribution in [0.25, 0.3) is 0 Å². The maximum absolute atomic E-state index is 12.1. The van der Waals surface area contributed by atoms with Gasteiger partial charge >= 0.3 is 5.97 Å². The molecule has 0 aliphatic rings. The van der Waals surface area contributed by atoms with Gasteiger partial charge in [0.1, 0.15) is 17.1 Å². The highest BCUT2D eigenvalue weighted by atomic mass is 16.6. The zero-order valence-electron chi connectivity index (χ0n) is 14.6. The van der Waals surface area contributed by atoms with Crippen molar-refractivity contribution in [2.75, 3.05) is 24.7 Å². The highest BCUT2D eigenvalue weighted by molar-refractivity contribution is 5.87. The molecule has 0 radical (unpaired) electrons. The van der Waals surface area contributed by atoms with E-state index in [0.717, 1.165) is 11.4 Å². The highest BCUT2D eigenvalue weighted by Crippen LogP contribution is 2.29. The molecule has 1 aromatic carbocycles. The lowest BCUT2D eigenvalue weighted by molar-refractivity contribution is 0.00625. The van der Waals surface area contributed by atoms with Gasteiger partial charge in [-0.2, -0.15) is 0 Å². The molecular weight excluding hydrogens is 306 g/mol. The van der Waals surface area contributed by atoms with Crippen LogP contribution in [0.3, 0.4) is 0 Å². The fraction of sp³-hybridized carbons (Fsp3) is 0.333. The van der Waals surface area contributed by atoms with Gasteiger partial charge in [-0.3, -0.25) is 0 Å². The topological polar surface area (TPSA) is 72.5 Å². The number of carbonyl (C=O) groups is 1. The zero-order chi connectivity index (χ0) is 17.7. The van der Waals surface area contributed by atoms with Crippen LogP contribution >= 0.6 is 0 Å². The van der Waals surface area contributed by atoms with Gasteiger partial charge in [-0.15, -0.1) is 0 Å². The van der Waals surface area contributed by atoms with Crippen molar-refractivity contribution in [3.63, 3.8) is 0 Å². The van der Waals surface area contributed by atoms with Crippen LogP contribution in [-0.4, -0.2) is 30.6 Å². The molecule has 0 atom stereocenters. The van der Waals surface area contributed by atoms with Gasteiger partial charge in [-0.05, 0) is 39.0 Å². The summed E-state index contributed by atoms with van der Waals surface area (Å²) in [6, 6.07) is 8.90. The predicted molar refractivity (Wildman–Crippen MR) is 95.0 cm³/mol. The quantitative estimate of drug-likeness (QED) is 0.810. The average Bonchev–Trinajstić information content (AvgIpc) is 2.53. The van der Waals surface area contributed by atoms with Gasteiger partial charge in [0.25, 0.3) is 0 Å². The zero-order valence-corrected chi connectivity index (χ0v) is 14.6. The number of benzene rings is 1. The number of ether oxygens (including phenoxy) is 2. The highest BCUT2D eigenvalue weighted by Gasteiger charge is 2.19. The van der Waals surface area contributed by atoms with E-state index in [2.05, 4.69) is 15.6 Å². The van der Waals surface area contributed by atoms with Gasteiger partial charge in [-0.25, -0.2) is 9.78 Å². The summed E-state index contributed by atoms with van der Waals surface area (Å²) in [7, 11) is 3.69. The van der Waals surface area contributed by atoms with E-state index in [0.29, 0.717) is 11.5 Å². The number of pyridine rings is 1. The van der Waals surface area contributed by atoms with E-state index in [1.807, 2.05) is 53.1 Å². The molecule has 6 nitrogen and oxygen atoms in total. The van der Waals surface area contributed by atoms with Crippen LogP contribution in [0.2, 0.25) is 0 Å². The number of aromatic nitrogens is 1. The minimum atomic E-state index is -0.569. The molecule has 128 valence electrons. The van der Waals surface area contributed by atoms with Crippen LogP contribution in [-0.2, 0) is 4.74 Å². The van der Waals surface area contributed by atoms with Gasteiger partial charge in [0.2, 0.25) is 0 Å². The minimum Gasteiger partial charge on any atom is -0.457 e. The van der Waals surface area contributed by atoms with Crippen molar-refractivity contribution in [3.8, 4) is 11.5 Å². The Morgan fingerprint density at radius 3 is 2.29 bits per heavy atom. The Morgan fingerprint density at radius 1 is 1.00 bits per heavy atom. The lowest BCUT2D eigenvalue weighted by Gasteiger charge is -2.19. The SMILES string of the molecule is CNc1ccc(Oc2ccnc(C(=O)OC(C)(C)C)c2)cc1NC. The largest absolute Gasteiger partial charge is 0.457 e. The predicted octanol–water partition coefficient (Wildman–Crippen LogP) is 3.91. The molecule has 0 aliphatic heterocycles. The Labute approximate surface area is 142 Å². The second kappa shape index (κ2) is 7.21. The monoisotopic (exact) mass is 329 g/mol. The lowest BCUT2D eigenvalue weighted by Crippen LogP contribution is -2.24. The molecule has 24 heavy (non-hydrogen) atoms. The summed E-state index contributed by atoms with van der Waals surface area (Å²) in [6.07, 6.45) is 1.52. The number of nitrogens with zero attached hydrogens (tertiary/aromatic N) is 1. The van der Waals surface area contributed by atoms with Crippen molar-refractivity contribution >= 4 is 17.3 Å². The maximum Gasteiger partial charge on any atom is 0.357 e. The number of carbonyl (C=O) groups excluding carboxylic acids is 1. The first kappa shape index (κ1) is 17.6. The van der Waals surface area contributed by atoms with Gasteiger partial charge in [0.15, 0.2) is 5.69 Å². The molecule has 1 heterocycles. The van der Waals surface area contributed by atoms with Crippen LogP contribution in [0, 0.1) is 0 Å². The molecule has 0 aliphatic carbocycles. The fourth-order valence-electron chi connectivity index (χ4n) is 2.06. The van der Waals surface area contributed by atoms with E-state index in [1.54, 1.807) is 12.1 Å². The number of esters is 1. The van der Waals surface area contributed by atoms with Crippen LogP contribution in [0.1, 0.15) is 31.3 Å². The van der Waals surface area contributed by atoms with Crippen LogP contribution in [0.4, 0.5) is 11.4 Å². The van der Waals surface area contributed by atoms with Crippen molar-refractivity contribution < 1.29 is 14.3 Å². The molecule has 0 amide bonds. The Bertz CT molecular complexity index is 724. The summed E-state index contributed by atoms with van der Waals surface area (Å²) >= 11 is 0. The molecule has 2 N–H and O–H groups in total. The molecule has 6 heteroatoms. The third kappa shape index (κ3) is 4.62. The van der Waals surface area contributed by atoms with Crippen LogP contribution in [0.15, 0.2) is 36.5 Å². The van der Waals surface area contributed by atoms with Gasteiger partial charge in [0, 0.05) is 32.4 Å². The van der Waals surface area contributed by atoms with E-state index in [9.17, 15) is 4.79 Å². The smallest absolute Gasteiger partial charge is 0.357 e. The van der Waals surface area contributed by atoms with E-state index in [-0.39, 0.29) is 5.69 Å². The van der Waals surface area contributed by atoms with Crippen molar-refractivity contribution in [2.45, 2.75) is 26.4 Å². The second-order valence-corrected chi connectivity index (χ2v) is 6.19. The third-order valence-corrected chi connectivity index (χ3v) is 3.10. The minimum absolute atomic E-state index is 0.211. The number of hydrogen-bond acceptors (Lipinski definition) is 6. The molecule has 0 fully saturated rings. The molecule has 0 unspecified atom stereocenters. The second-order valence-electron chi connectivity index (χ2n) is 6.19. The van der Waals surface area contributed by atoms with Crippen molar-refractivity contribution in [3.05, 3.63) is 42.2 Å². The Morgan fingerprint density at radius 2 is 1.67 bits per heavy atom. The van der Waals surface area contributed by atoms with Gasteiger partial charge in [-0.1, -0.05) is 0 Å². The molecule has 0 spiro atoms. The van der Waals surface area contributed by atoms with E-state index >= 15 is 0 Å². The molecule has 0 saturated carbocycles. The average molecular weight is 329 g/mol. The molecule has 0 bridgehead atoms. The Kier molecular flexibility index (Phi) is 5.28. The van der Waals surface area contributed by atoms with Crippen LogP contribution < -0.4 is 15.4 Å². The van der Waals surface area contributed by atoms with E-state index in [4.69, 9.17) is 9.47 Å². The number of nitrogens with one attached hydrogen (secondary N) is 2. The van der Waals surface area contributed by atoms with E-state index in [1.165, 1.54) is 6.20 Å². The van der Waals surface area contributed by atoms with Crippen molar-refractivity contribution in [2.24, 2.45) is 0 Å². The maximum atomic E-state index is 12.1. The Hall–Kier alpha value is -2.76. The standard InChI is InChI=1S/C18H23N3O3/c1-18(2,3)24-17(22)16-11-13(8-9-21-16)23-12-6-7-14(19-4)15(10-12)20-5/h6-11,19-20H,1-5H3. The summed E-state index contributed by atoms with van der Waals surface area (Å²) in [6.45, 7) is 5.44. The molecular formula is C18H23N3O3. The fourth-order valence-corrected chi connectivity index (χ4v) is 2.06. The van der Waals surface area contributed by atoms with Crippen molar-refractivity contribution in [1.82, 2.24) is 4.98 Å². The van der Waals surface area contributed by atoms with Gasteiger partial charge in [0.05, 0.1) is 11.4 Å². The van der Waals surface area contributed by atoms with E-state index < -0.39 is 11.6 Å². The number of anilines is 2.